The van der Waals surface area contributed by atoms with Crippen LogP contribution in [0.4, 0.5) is 0 Å². The number of hydrogen-bond acceptors (Lipinski definition) is 2. The van der Waals surface area contributed by atoms with E-state index in [2.05, 4.69) is 40.5 Å². The number of nitrogens with zero attached hydrogens (tertiary/aromatic N) is 1. The van der Waals surface area contributed by atoms with E-state index in [-0.39, 0.29) is 17.5 Å². The van der Waals surface area contributed by atoms with Crippen LogP contribution in [0.5, 0.6) is 0 Å². The summed E-state index contributed by atoms with van der Waals surface area (Å²) in [6.07, 6.45) is 7.59. The van der Waals surface area contributed by atoms with Crippen LogP contribution in [0.1, 0.15) is 71.6 Å². The summed E-state index contributed by atoms with van der Waals surface area (Å²) in [5.41, 5.74) is 4.27. The number of amides is 1. The van der Waals surface area contributed by atoms with Crippen molar-refractivity contribution in [1.29, 1.82) is 0 Å². The molecule has 3 fully saturated rings. The van der Waals surface area contributed by atoms with Gasteiger partial charge in [0.1, 0.15) is 0 Å². The summed E-state index contributed by atoms with van der Waals surface area (Å²) in [5.74, 6) is 0.0740. The van der Waals surface area contributed by atoms with Gasteiger partial charge in [-0.05, 0) is 69.1 Å². The molecule has 1 unspecified atom stereocenters. The molecule has 0 radical (unpaired) electrons. The van der Waals surface area contributed by atoms with Gasteiger partial charge in [-0.15, -0.1) is 0 Å². The lowest BCUT2D eigenvalue weighted by atomic mass is 9.78. The summed E-state index contributed by atoms with van der Waals surface area (Å²) in [5, 5.41) is 3.52. The van der Waals surface area contributed by atoms with Gasteiger partial charge in [-0.1, -0.05) is 48.5 Å². The molecule has 2 aliphatic heterocycles. The first-order valence-corrected chi connectivity index (χ1v) is 10.8. The number of nitrogens with one attached hydrogen (secondary N) is 1. The van der Waals surface area contributed by atoms with Gasteiger partial charge in [0.15, 0.2) is 0 Å². The van der Waals surface area contributed by atoms with Crippen molar-refractivity contribution in [3.63, 3.8) is 0 Å². The molecule has 2 aromatic rings. The number of fused-ring (bicyclic) bond motifs is 2. The lowest BCUT2D eigenvalue weighted by Gasteiger charge is -2.43. The van der Waals surface area contributed by atoms with Crippen LogP contribution in [0, 0.1) is 13.8 Å². The van der Waals surface area contributed by atoms with E-state index in [9.17, 15) is 4.79 Å². The van der Waals surface area contributed by atoms with E-state index in [1.807, 2.05) is 32.0 Å². The third kappa shape index (κ3) is 2.79. The van der Waals surface area contributed by atoms with Crippen LogP contribution in [-0.2, 0) is 0 Å². The molecule has 1 saturated carbocycles. The van der Waals surface area contributed by atoms with E-state index in [1.165, 1.54) is 44.1 Å². The van der Waals surface area contributed by atoms with Crippen molar-refractivity contribution in [1.82, 2.24) is 10.2 Å². The van der Waals surface area contributed by atoms with Crippen molar-refractivity contribution in [2.45, 2.75) is 76.0 Å². The maximum absolute atomic E-state index is 13.5. The zero-order valence-corrected chi connectivity index (χ0v) is 16.9. The molecule has 28 heavy (non-hydrogen) atoms. The Kier molecular flexibility index (Phi) is 4.31. The summed E-state index contributed by atoms with van der Waals surface area (Å²) >= 11 is 0. The van der Waals surface area contributed by atoms with E-state index in [4.69, 9.17) is 0 Å². The minimum atomic E-state index is 0.0494. The largest absolute Gasteiger partial charge is 0.343 e. The molecule has 1 amide bonds. The van der Waals surface area contributed by atoms with Crippen LogP contribution < -0.4 is 5.32 Å². The first-order chi connectivity index (χ1) is 13.6. The zero-order valence-electron chi connectivity index (χ0n) is 16.9. The van der Waals surface area contributed by atoms with Crippen molar-refractivity contribution in [2.24, 2.45) is 0 Å². The standard InChI is InChI=1S/C25H30N2O/c1-17-7-6-8-18(2)22(17)24(28)26-23(19-9-4-3-5-10-19)25-15-13-21(14-16-25)27(25)20-11-12-20/h3-10,20-21,23H,11-16H2,1-2H3,(H,26,28). The summed E-state index contributed by atoms with van der Waals surface area (Å²) in [4.78, 5) is 16.3. The highest BCUT2D eigenvalue weighted by Crippen LogP contribution is 2.56. The minimum absolute atomic E-state index is 0.0494. The molecule has 2 saturated heterocycles. The van der Waals surface area contributed by atoms with Gasteiger partial charge in [-0.25, -0.2) is 0 Å². The molecule has 1 aliphatic carbocycles. The summed E-state index contributed by atoms with van der Waals surface area (Å²) in [6, 6.07) is 18.3. The third-order valence-corrected chi connectivity index (χ3v) is 7.32. The van der Waals surface area contributed by atoms with Crippen molar-refractivity contribution in [3.05, 3.63) is 70.8 Å². The Hall–Kier alpha value is -2.13. The minimum Gasteiger partial charge on any atom is -0.343 e. The fourth-order valence-electron chi connectivity index (χ4n) is 6.00. The molecule has 1 N–H and O–H groups in total. The molecule has 3 heteroatoms. The maximum atomic E-state index is 13.5. The molecule has 0 spiro atoms. The summed E-state index contributed by atoms with van der Waals surface area (Å²) < 4.78 is 0. The second-order valence-electron chi connectivity index (χ2n) is 9.06. The highest BCUT2D eigenvalue weighted by atomic mass is 16.1. The number of aryl methyl sites for hydroxylation is 2. The number of carbonyl (C=O) groups excluding carboxylic acids is 1. The number of rotatable bonds is 5. The average Bonchev–Trinajstić information content (AvgIpc) is 3.39. The Labute approximate surface area is 168 Å². The van der Waals surface area contributed by atoms with Crippen LogP contribution >= 0.6 is 0 Å². The second kappa shape index (κ2) is 6.73. The van der Waals surface area contributed by atoms with Crippen molar-refractivity contribution in [3.8, 4) is 0 Å². The van der Waals surface area contributed by atoms with Gasteiger partial charge in [0, 0.05) is 23.2 Å². The fourth-order valence-corrected chi connectivity index (χ4v) is 6.00. The predicted molar refractivity (Wildman–Crippen MR) is 112 cm³/mol. The van der Waals surface area contributed by atoms with Gasteiger partial charge < -0.3 is 5.32 Å². The van der Waals surface area contributed by atoms with Crippen LogP contribution in [-0.4, -0.2) is 28.4 Å². The quantitative estimate of drug-likeness (QED) is 0.804. The molecule has 2 bridgehead atoms. The Morgan fingerprint density at radius 2 is 1.54 bits per heavy atom. The number of benzene rings is 2. The van der Waals surface area contributed by atoms with E-state index < -0.39 is 0 Å². The Morgan fingerprint density at radius 1 is 0.929 bits per heavy atom. The second-order valence-corrected chi connectivity index (χ2v) is 9.06. The van der Waals surface area contributed by atoms with Gasteiger partial charge in [0.05, 0.1) is 6.04 Å². The van der Waals surface area contributed by atoms with E-state index >= 15 is 0 Å². The van der Waals surface area contributed by atoms with Crippen LogP contribution in [0.25, 0.3) is 0 Å². The molecule has 0 aromatic heterocycles. The van der Waals surface area contributed by atoms with E-state index in [0.717, 1.165) is 28.8 Å². The van der Waals surface area contributed by atoms with Gasteiger partial charge in [0.2, 0.25) is 0 Å². The van der Waals surface area contributed by atoms with E-state index in [0.29, 0.717) is 0 Å². The Morgan fingerprint density at radius 3 is 2.14 bits per heavy atom. The van der Waals surface area contributed by atoms with Crippen LogP contribution in [0.15, 0.2) is 48.5 Å². The topological polar surface area (TPSA) is 32.3 Å². The SMILES string of the molecule is Cc1cccc(C)c1C(=O)NC(c1ccccc1)C12CCC(CC1)N2C1CC1. The predicted octanol–water partition coefficient (Wildman–Crippen LogP) is 4.93. The number of carbonyl (C=O) groups is 1. The molecule has 2 heterocycles. The van der Waals surface area contributed by atoms with Crippen LogP contribution in [0.2, 0.25) is 0 Å². The first kappa shape index (κ1) is 17.9. The maximum Gasteiger partial charge on any atom is 0.252 e. The molecule has 2 aromatic carbocycles. The molecular weight excluding hydrogens is 344 g/mol. The van der Waals surface area contributed by atoms with E-state index in [1.54, 1.807) is 0 Å². The Bertz CT molecular complexity index is 858. The van der Waals surface area contributed by atoms with Gasteiger partial charge in [-0.3, -0.25) is 9.69 Å². The number of hydrogen-bond donors (Lipinski definition) is 1. The zero-order chi connectivity index (χ0) is 19.3. The molecular formula is C25H30N2O. The van der Waals surface area contributed by atoms with Crippen molar-refractivity contribution in [2.75, 3.05) is 0 Å². The summed E-state index contributed by atoms with van der Waals surface area (Å²) in [6.45, 7) is 4.07. The monoisotopic (exact) mass is 374 g/mol. The van der Waals surface area contributed by atoms with Gasteiger partial charge in [-0.2, -0.15) is 0 Å². The lowest BCUT2D eigenvalue weighted by Crippen LogP contribution is -2.53. The van der Waals surface area contributed by atoms with Crippen molar-refractivity contribution >= 4 is 5.91 Å². The molecule has 1 atom stereocenters. The van der Waals surface area contributed by atoms with Gasteiger partial charge >= 0.3 is 0 Å². The molecule has 3 aliphatic rings. The van der Waals surface area contributed by atoms with Gasteiger partial charge in [0.25, 0.3) is 5.91 Å². The van der Waals surface area contributed by atoms with Crippen molar-refractivity contribution < 1.29 is 4.79 Å². The Balaban J connectivity index is 1.54. The molecule has 3 nitrogen and oxygen atoms in total. The summed E-state index contributed by atoms with van der Waals surface area (Å²) in [7, 11) is 0. The highest BCUT2D eigenvalue weighted by Gasteiger charge is 2.60. The molecule has 146 valence electrons. The third-order valence-electron chi connectivity index (χ3n) is 7.32. The fraction of sp³-hybridized carbons (Fsp3) is 0.480. The normalized spacial score (nSPS) is 27.7. The first-order valence-electron chi connectivity index (χ1n) is 10.8. The van der Waals surface area contributed by atoms with Crippen LogP contribution in [0.3, 0.4) is 0 Å². The molecule has 5 rings (SSSR count). The smallest absolute Gasteiger partial charge is 0.252 e. The average molecular weight is 375 g/mol. The lowest BCUT2D eigenvalue weighted by molar-refractivity contribution is 0.0754. The highest BCUT2D eigenvalue weighted by molar-refractivity contribution is 5.97.